The first-order valence-electron chi connectivity index (χ1n) is 4.86. The number of anilines is 2. The molecule has 1 heterocycles. The second-order valence-electron chi connectivity index (χ2n) is 3.32. The summed E-state index contributed by atoms with van der Waals surface area (Å²) in [5, 5.41) is 14.4. The first-order valence-corrected chi connectivity index (χ1v) is 5.23. The zero-order chi connectivity index (χ0) is 12.3. The molecule has 0 saturated carbocycles. The SMILES string of the molecule is O=C([O-])c1cccnc1Nc1ccc(Cl)cc1. The minimum Gasteiger partial charge on any atom is -0.545 e. The second kappa shape index (κ2) is 4.84. The number of nitrogens with one attached hydrogen (secondary N) is 1. The lowest BCUT2D eigenvalue weighted by Crippen LogP contribution is -2.23. The van der Waals surface area contributed by atoms with Gasteiger partial charge in [-0.1, -0.05) is 11.6 Å². The van der Waals surface area contributed by atoms with Crippen molar-refractivity contribution in [1.82, 2.24) is 4.98 Å². The Kier molecular flexibility index (Phi) is 3.25. The summed E-state index contributed by atoms with van der Waals surface area (Å²) in [5.41, 5.74) is 0.720. The number of aromatic carboxylic acids is 1. The predicted octanol–water partition coefficient (Wildman–Crippen LogP) is 1.84. The van der Waals surface area contributed by atoms with E-state index in [0.29, 0.717) is 10.7 Å². The van der Waals surface area contributed by atoms with Crippen LogP contribution >= 0.6 is 11.6 Å². The molecule has 0 aliphatic carbocycles. The van der Waals surface area contributed by atoms with Gasteiger partial charge in [0, 0.05) is 22.5 Å². The topological polar surface area (TPSA) is 65.0 Å². The quantitative estimate of drug-likeness (QED) is 0.899. The minimum absolute atomic E-state index is 0.0162. The Balaban J connectivity index is 2.30. The molecule has 2 rings (SSSR count). The highest BCUT2D eigenvalue weighted by atomic mass is 35.5. The molecule has 0 aliphatic heterocycles. The molecule has 0 radical (unpaired) electrons. The molecule has 0 saturated heterocycles. The number of nitrogens with zero attached hydrogens (tertiary/aromatic N) is 1. The number of halogens is 1. The Bertz CT molecular complexity index is 540. The standard InChI is InChI=1S/C12H9ClN2O2/c13-8-3-5-9(6-4-8)15-11-10(12(16)17)2-1-7-14-11/h1-7H,(H,14,15)(H,16,17)/p-1. The maximum atomic E-state index is 10.9. The van der Waals surface area contributed by atoms with Gasteiger partial charge in [0.05, 0.1) is 5.97 Å². The Morgan fingerprint density at radius 3 is 2.59 bits per heavy atom. The molecule has 1 aromatic heterocycles. The highest BCUT2D eigenvalue weighted by Crippen LogP contribution is 2.19. The molecule has 0 amide bonds. The van der Waals surface area contributed by atoms with Crippen LogP contribution in [0.1, 0.15) is 10.4 Å². The number of carboxylic acids is 1. The van der Waals surface area contributed by atoms with Crippen LogP contribution in [-0.4, -0.2) is 11.0 Å². The van der Waals surface area contributed by atoms with Crippen LogP contribution in [0, 0.1) is 0 Å². The van der Waals surface area contributed by atoms with E-state index in [1.165, 1.54) is 18.3 Å². The Labute approximate surface area is 103 Å². The summed E-state index contributed by atoms with van der Waals surface area (Å²) in [6.45, 7) is 0. The van der Waals surface area contributed by atoms with Gasteiger partial charge in [-0.2, -0.15) is 0 Å². The van der Waals surface area contributed by atoms with Gasteiger partial charge in [-0.05, 0) is 36.4 Å². The van der Waals surface area contributed by atoms with Crippen LogP contribution in [0.15, 0.2) is 42.6 Å². The summed E-state index contributed by atoms with van der Waals surface area (Å²) >= 11 is 5.75. The maximum Gasteiger partial charge on any atom is 0.139 e. The molecular formula is C12H8ClN2O2-. The Morgan fingerprint density at radius 2 is 1.94 bits per heavy atom. The molecule has 1 N–H and O–H groups in total. The van der Waals surface area contributed by atoms with Gasteiger partial charge in [-0.15, -0.1) is 0 Å². The number of carbonyl (C=O) groups is 1. The van der Waals surface area contributed by atoms with Crippen molar-refractivity contribution < 1.29 is 9.90 Å². The van der Waals surface area contributed by atoms with Crippen molar-refractivity contribution in [3.05, 3.63) is 53.2 Å². The number of rotatable bonds is 3. The van der Waals surface area contributed by atoms with Gasteiger partial charge in [-0.3, -0.25) is 0 Å². The fraction of sp³-hybridized carbons (Fsp3) is 0. The van der Waals surface area contributed by atoms with Gasteiger partial charge < -0.3 is 15.2 Å². The molecule has 2 aromatic rings. The van der Waals surface area contributed by atoms with Crippen LogP contribution in [0.5, 0.6) is 0 Å². The molecule has 86 valence electrons. The van der Waals surface area contributed by atoms with Crippen LogP contribution in [-0.2, 0) is 0 Å². The molecule has 1 aromatic carbocycles. The van der Waals surface area contributed by atoms with Crippen LogP contribution in [0.3, 0.4) is 0 Å². The van der Waals surface area contributed by atoms with Gasteiger partial charge in [0.15, 0.2) is 0 Å². The molecule has 0 fully saturated rings. The number of pyridine rings is 1. The van der Waals surface area contributed by atoms with Gasteiger partial charge in [0.25, 0.3) is 0 Å². The third kappa shape index (κ3) is 2.73. The fourth-order valence-corrected chi connectivity index (χ4v) is 1.47. The number of hydrogen-bond donors (Lipinski definition) is 1. The summed E-state index contributed by atoms with van der Waals surface area (Å²) in [4.78, 5) is 14.8. The van der Waals surface area contributed by atoms with E-state index in [0.717, 1.165) is 0 Å². The van der Waals surface area contributed by atoms with E-state index < -0.39 is 5.97 Å². The van der Waals surface area contributed by atoms with E-state index in [-0.39, 0.29) is 11.4 Å². The first-order chi connectivity index (χ1) is 8.16. The summed E-state index contributed by atoms with van der Waals surface area (Å²) < 4.78 is 0. The van der Waals surface area contributed by atoms with Crippen LogP contribution in [0.25, 0.3) is 0 Å². The molecule has 5 heteroatoms. The first kappa shape index (κ1) is 11.4. The number of aromatic nitrogens is 1. The zero-order valence-corrected chi connectivity index (χ0v) is 9.44. The number of hydrogen-bond acceptors (Lipinski definition) is 4. The fourth-order valence-electron chi connectivity index (χ4n) is 1.34. The van der Waals surface area contributed by atoms with Crippen molar-refractivity contribution in [3.8, 4) is 0 Å². The summed E-state index contributed by atoms with van der Waals surface area (Å²) in [5.74, 6) is -1.02. The van der Waals surface area contributed by atoms with Crippen molar-refractivity contribution in [2.24, 2.45) is 0 Å². The molecular weight excluding hydrogens is 240 g/mol. The van der Waals surface area contributed by atoms with Gasteiger partial charge in [0.2, 0.25) is 0 Å². The summed E-state index contributed by atoms with van der Waals surface area (Å²) in [7, 11) is 0. The van der Waals surface area contributed by atoms with Gasteiger partial charge >= 0.3 is 0 Å². The van der Waals surface area contributed by atoms with E-state index in [9.17, 15) is 9.90 Å². The van der Waals surface area contributed by atoms with Gasteiger partial charge in [-0.25, -0.2) is 4.98 Å². The van der Waals surface area contributed by atoms with Crippen molar-refractivity contribution in [1.29, 1.82) is 0 Å². The van der Waals surface area contributed by atoms with Crippen LogP contribution in [0.2, 0.25) is 5.02 Å². The van der Waals surface area contributed by atoms with E-state index in [1.54, 1.807) is 24.3 Å². The van der Waals surface area contributed by atoms with Gasteiger partial charge in [0.1, 0.15) is 5.82 Å². The van der Waals surface area contributed by atoms with E-state index in [2.05, 4.69) is 10.3 Å². The number of carbonyl (C=O) groups excluding carboxylic acids is 1. The van der Waals surface area contributed by atoms with Crippen molar-refractivity contribution in [3.63, 3.8) is 0 Å². The third-order valence-corrected chi connectivity index (χ3v) is 2.39. The average Bonchev–Trinajstić information content (AvgIpc) is 2.32. The number of carboxylic acid groups (broad SMARTS) is 1. The van der Waals surface area contributed by atoms with Crippen LogP contribution < -0.4 is 10.4 Å². The molecule has 0 spiro atoms. The third-order valence-electron chi connectivity index (χ3n) is 2.13. The van der Waals surface area contributed by atoms with E-state index >= 15 is 0 Å². The van der Waals surface area contributed by atoms with Crippen molar-refractivity contribution in [2.45, 2.75) is 0 Å². The number of benzene rings is 1. The smallest absolute Gasteiger partial charge is 0.139 e. The molecule has 0 bridgehead atoms. The second-order valence-corrected chi connectivity index (χ2v) is 3.76. The Hall–Kier alpha value is -2.07. The average molecular weight is 248 g/mol. The Morgan fingerprint density at radius 1 is 1.24 bits per heavy atom. The van der Waals surface area contributed by atoms with E-state index in [4.69, 9.17) is 11.6 Å². The van der Waals surface area contributed by atoms with Crippen LogP contribution in [0.4, 0.5) is 11.5 Å². The minimum atomic E-state index is -1.27. The monoisotopic (exact) mass is 247 g/mol. The van der Waals surface area contributed by atoms with Crippen molar-refractivity contribution >= 4 is 29.1 Å². The molecule has 0 unspecified atom stereocenters. The summed E-state index contributed by atoms with van der Waals surface area (Å²) in [6.07, 6.45) is 1.50. The summed E-state index contributed by atoms with van der Waals surface area (Å²) in [6, 6.07) is 9.84. The lowest BCUT2D eigenvalue weighted by molar-refractivity contribution is -0.254. The van der Waals surface area contributed by atoms with E-state index in [1.807, 2.05) is 0 Å². The van der Waals surface area contributed by atoms with Crippen molar-refractivity contribution in [2.75, 3.05) is 5.32 Å². The molecule has 4 nitrogen and oxygen atoms in total. The lowest BCUT2D eigenvalue weighted by atomic mass is 10.2. The zero-order valence-electron chi connectivity index (χ0n) is 8.68. The highest BCUT2D eigenvalue weighted by Gasteiger charge is 2.04. The predicted molar refractivity (Wildman–Crippen MR) is 63.3 cm³/mol. The molecule has 17 heavy (non-hydrogen) atoms. The highest BCUT2D eigenvalue weighted by molar-refractivity contribution is 6.30. The largest absolute Gasteiger partial charge is 0.545 e. The normalized spacial score (nSPS) is 9.94. The lowest BCUT2D eigenvalue weighted by Gasteiger charge is -2.11. The maximum absolute atomic E-state index is 10.9. The molecule has 0 atom stereocenters. The molecule has 0 aliphatic rings.